The Kier molecular flexibility index (Phi) is 7.98. The number of piperazine rings is 1. The highest BCUT2D eigenvalue weighted by Gasteiger charge is 2.30. The van der Waals surface area contributed by atoms with Crippen molar-refractivity contribution in [3.63, 3.8) is 0 Å². The van der Waals surface area contributed by atoms with E-state index in [0.29, 0.717) is 51.6 Å². The van der Waals surface area contributed by atoms with Crippen LogP contribution < -0.4 is 10.6 Å². The molecule has 1 heterocycles. The van der Waals surface area contributed by atoms with Crippen molar-refractivity contribution in [2.75, 3.05) is 32.7 Å². The zero-order chi connectivity index (χ0) is 19.8. The topological polar surface area (TPSA) is 81.8 Å². The molecular weight excluding hydrogens is 356 g/mol. The van der Waals surface area contributed by atoms with E-state index in [-0.39, 0.29) is 23.8 Å². The summed E-state index contributed by atoms with van der Waals surface area (Å²) in [4.78, 5) is 40.6. The summed E-state index contributed by atoms with van der Waals surface area (Å²) in [6.07, 6.45) is 11.3. The van der Waals surface area contributed by atoms with Crippen molar-refractivity contribution in [1.29, 1.82) is 0 Å². The number of hydrogen-bond donors (Lipinski definition) is 2. The smallest absolute Gasteiger partial charge is 0.315 e. The van der Waals surface area contributed by atoms with Crippen molar-refractivity contribution >= 4 is 17.8 Å². The third kappa shape index (κ3) is 6.11. The van der Waals surface area contributed by atoms with Crippen LogP contribution in [0.5, 0.6) is 0 Å². The van der Waals surface area contributed by atoms with Crippen molar-refractivity contribution in [3.05, 3.63) is 0 Å². The number of nitrogens with zero attached hydrogens (tertiary/aromatic N) is 2. The van der Waals surface area contributed by atoms with Crippen LogP contribution in [0.3, 0.4) is 0 Å². The Bertz CT molecular complexity index is 534. The molecule has 2 aliphatic carbocycles. The Labute approximate surface area is 168 Å². The van der Waals surface area contributed by atoms with Crippen molar-refractivity contribution < 1.29 is 14.4 Å². The van der Waals surface area contributed by atoms with Crippen LogP contribution in [-0.2, 0) is 9.59 Å². The SMILES string of the molecule is O=C(NCCCC(=O)N1CCN(C(=O)C2CCCC2)CC1)NC1CCCCC1. The van der Waals surface area contributed by atoms with Gasteiger partial charge in [0.1, 0.15) is 0 Å². The molecule has 3 aliphatic rings. The Morgan fingerprint density at radius 3 is 2.07 bits per heavy atom. The van der Waals surface area contributed by atoms with Gasteiger partial charge < -0.3 is 20.4 Å². The number of hydrogen-bond acceptors (Lipinski definition) is 3. The molecule has 3 fully saturated rings. The van der Waals surface area contributed by atoms with E-state index in [2.05, 4.69) is 10.6 Å². The molecule has 1 saturated heterocycles. The molecule has 0 bridgehead atoms. The number of amides is 4. The van der Waals surface area contributed by atoms with E-state index in [4.69, 9.17) is 0 Å². The van der Waals surface area contributed by atoms with Gasteiger partial charge in [0.25, 0.3) is 0 Å². The van der Waals surface area contributed by atoms with Gasteiger partial charge in [0.15, 0.2) is 0 Å². The lowest BCUT2D eigenvalue weighted by Gasteiger charge is -2.36. The quantitative estimate of drug-likeness (QED) is 0.680. The number of rotatable bonds is 6. The van der Waals surface area contributed by atoms with E-state index >= 15 is 0 Å². The van der Waals surface area contributed by atoms with Gasteiger partial charge in [-0.1, -0.05) is 32.1 Å². The van der Waals surface area contributed by atoms with Crippen LogP contribution in [-0.4, -0.2) is 66.4 Å². The predicted molar refractivity (Wildman–Crippen MR) is 108 cm³/mol. The molecule has 4 amide bonds. The van der Waals surface area contributed by atoms with Gasteiger partial charge in [0, 0.05) is 51.1 Å². The lowest BCUT2D eigenvalue weighted by molar-refractivity contribution is -0.142. The first-order chi connectivity index (χ1) is 13.6. The molecule has 0 radical (unpaired) electrons. The molecule has 1 aliphatic heterocycles. The molecule has 158 valence electrons. The molecule has 7 heteroatoms. The van der Waals surface area contributed by atoms with Gasteiger partial charge in [-0.3, -0.25) is 9.59 Å². The van der Waals surface area contributed by atoms with Crippen molar-refractivity contribution in [1.82, 2.24) is 20.4 Å². The second kappa shape index (κ2) is 10.7. The van der Waals surface area contributed by atoms with E-state index in [1.165, 1.54) is 32.1 Å². The molecule has 0 atom stereocenters. The minimum atomic E-state index is -0.113. The van der Waals surface area contributed by atoms with Crippen LogP contribution >= 0.6 is 0 Å². The zero-order valence-corrected chi connectivity index (χ0v) is 17.1. The molecule has 0 aromatic rings. The monoisotopic (exact) mass is 392 g/mol. The first-order valence-corrected chi connectivity index (χ1v) is 11.2. The van der Waals surface area contributed by atoms with E-state index in [1.54, 1.807) is 0 Å². The van der Waals surface area contributed by atoms with E-state index < -0.39 is 0 Å². The fourth-order valence-corrected chi connectivity index (χ4v) is 4.69. The molecule has 0 aromatic heterocycles. The number of urea groups is 1. The third-order valence-electron chi connectivity index (χ3n) is 6.44. The summed E-state index contributed by atoms with van der Waals surface area (Å²) in [5, 5.41) is 5.89. The fourth-order valence-electron chi connectivity index (χ4n) is 4.69. The maximum absolute atomic E-state index is 12.5. The summed E-state index contributed by atoms with van der Waals surface area (Å²) in [7, 11) is 0. The lowest BCUT2D eigenvalue weighted by atomic mass is 9.96. The molecule has 2 N–H and O–H groups in total. The van der Waals surface area contributed by atoms with E-state index in [0.717, 1.165) is 25.7 Å². The summed E-state index contributed by atoms with van der Waals surface area (Å²) in [5.41, 5.74) is 0. The third-order valence-corrected chi connectivity index (χ3v) is 6.44. The van der Waals surface area contributed by atoms with Gasteiger partial charge in [0.05, 0.1) is 0 Å². The number of nitrogens with one attached hydrogen (secondary N) is 2. The van der Waals surface area contributed by atoms with Crippen molar-refractivity contribution in [3.8, 4) is 0 Å². The Hall–Kier alpha value is -1.79. The van der Waals surface area contributed by atoms with Crippen LogP contribution in [0, 0.1) is 5.92 Å². The molecular formula is C21H36N4O3. The molecule has 2 saturated carbocycles. The van der Waals surface area contributed by atoms with Crippen molar-refractivity contribution in [2.45, 2.75) is 76.7 Å². The Morgan fingerprint density at radius 2 is 1.39 bits per heavy atom. The second-order valence-electron chi connectivity index (χ2n) is 8.53. The first-order valence-electron chi connectivity index (χ1n) is 11.2. The van der Waals surface area contributed by atoms with Gasteiger partial charge >= 0.3 is 6.03 Å². The standard InChI is InChI=1S/C21H36N4O3/c26-19(11-6-12-22-21(28)23-18-9-2-1-3-10-18)24-13-15-25(16-14-24)20(27)17-7-4-5-8-17/h17-18H,1-16H2,(H2,22,23,28). The minimum absolute atomic E-state index is 0.113. The van der Waals surface area contributed by atoms with Gasteiger partial charge in [-0.15, -0.1) is 0 Å². The summed E-state index contributed by atoms with van der Waals surface area (Å²) in [6, 6.07) is 0.192. The Morgan fingerprint density at radius 1 is 0.786 bits per heavy atom. The van der Waals surface area contributed by atoms with Crippen LogP contribution in [0.2, 0.25) is 0 Å². The van der Waals surface area contributed by atoms with Gasteiger partial charge in [-0.25, -0.2) is 4.79 Å². The summed E-state index contributed by atoms with van der Waals surface area (Å²) in [5.74, 6) is 0.633. The molecule has 28 heavy (non-hydrogen) atoms. The lowest BCUT2D eigenvalue weighted by Crippen LogP contribution is -2.51. The maximum atomic E-state index is 12.5. The average Bonchev–Trinajstić information content (AvgIpc) is 3.26. The fraction of sp³-hybridized carbons (Fsp3) is 0.857. The zero-order valence-electron chi connectivity index (χ0n) is 17.1. The summed E-state index contributed by atoms with van der Waals surface area (Å²) < 4.78 is 0. The normalized spacial score (nSPS) is 21.6. The van der Waals surface area contributed by atoms with Crippen LogP contribution in [0.4, 0.5) is 4.79 Å². The highest BCUT2D eigenvalue weighted by atomic mass is 16.2. The van der Waals surface area contributed by atoms with Crippen molar-refractivity contribution in [2.24, 2.45) is 5.92 Å². The van der Waals surface area contributed by atoms with Gasteiger partial charge in [-0.2, -0.15) is 0 Å². The summed E-state index contributed by atoms with van der Waals surface area (Å²) in [6.45, 7) is 3.09. The van der Waals surface area contributed by atoms with E-state index in [1.807, 2.05) is 9.80 Å². The second-order valence-corrected chi connectivity index (χ2v) is 8.53. The van der Waals surface area contributed by atoms with Crippen LogP contribution in [0.1, 0.15) is 70.6 Å². The first kappa shape index (κ1) is 20.9. The molecule has 0 spiro atoms. The minimum Gasteiger partial charge on any atom is -0.339 e. The highest BCUT2D eigenvalue weighted by Crippen LogP contribution is 2.27. The molecule has 7 nitrogen and oxygen atoms in total. The maximum Gasteiger partial charge on any atom is 0.315 e. The Balaban J connectivity index is 1.26. The number of carbonyl (C=O) groups excluding carboxylic acids is 3. The molecule has 3 rings (SSSR count). The molecule has 0 unspecified atom stereocenters. The highest BCUT2D eigenvalue weighted by molar-refractivity contribution is 5.80. The molecule has 0 aromatic carbocycles. The van der Waals surface area contributed by atoms with Crippen LogP contribution in [0.25, 0.3) is 0 Å². The number of carbonyl (C=O) groups is 3. The van der Waals surface area contributed by atoms with Gasteiger partial charge in [-0.05, 0) is 32.1 Å². The van der Waals surface area contributed by atoms with Crippen LogP contribution in [0.15, 0.2) is 0 Å². The predicted octanol–water partition coefficient (Wildman–Crippen LogP) is 2.26. The van der Waals surface area contributed by atoms with Gasteiger partial charge in [0.2, 0.25) is 11.8 Å². The summed E-state index contributed by atoms with van der Waals surface area (Å²) >= 11 is 0. The van der Waals surface area contributed by atoms with E-state index in [9.17, 15) is 14.4 Å². The largest absolute Gasteiger partial charge is 0.339 e. The average molecular weight is 393 g/mol.